The number of nitrogens with zero attached hydrogens (tertiary/aromatic N) is 2. The first-order chi connectivity index (χ1) is 15.9. The van der Waals surface area contributed by atoms with E-state index in [0.29, 0.717) is 47.5 Å². The van der Waals surface area contributed by atoms with Crippen molar-refractivity contribution in [1.82, 2.24) is 4.90 Å². The molecule has 0 spiro atoms. The summed E-state index contributed by atoms with van der Waals surface area (Å²) in [6, 6.07) is 6.61. The van der Waals surface area contributed by atoms with Crippen molar-refractivity contribution in [2.75, 3.05) is 47.0 Å². The summed E-state index contributed by atoms with van der Waals surface area (Å²) in [4.78, 5) is 29.6. The Balaban J connectivity index is 1.61. The lowest BCUT2D eigenvalue weighted by Crippen LogP contribution is -2.44. The van der Waals surface area contributed by atoms with Crippen LogP contribution in [-0.2, 0) is 22.6 Å². The Hall–Kier alpha value is -3.46. The minimum absolute atomic E-state index is 0.109. The van der Waals surface area contributed by atoms with Crippen LogP contribution in [0.2, 0.25) is 0 Å². The number of hydrogen-bond donors (Lipinski definition) is 0. The van der Waals surface area contributed by atoms with Crippen molar-refractivity contribution in [1.29, 1.82) is 0 Å². The molecule has 0 bridgehead atoms. The summed E-state index contributed by atoms with van der Waals surface area (Å²) < 4.78 is 27.0. The lowest BCUT2D eigenvalue weighted by Gasteiger charge is -2.32. The van der Waals surface area contributed by atoms with Gasteiger partial charge in [0, 0.05) is 25.2 Å². The van der Waals surface area contributed by atoms with Crippen LogP contribution in [0.25, 0.3) is 0 Å². The van der Waals surface area contributed by atoms with Crippen LogP contribution in [0.4, 0.5) is 5.69 Å². The van der Waals surface area contributed by atoms with Gasteiger partial charge in [0.15, 0.2) is 23.0 Å². The zero-order valence-electron chi connectivity index (χ0n) is 19.5. The van der Waals surface area contributed by atoms with Crippen molar-refractivity contribution in [3.8, 4) is 28.7 Å². The molecule has 0 unspecified atom stereocenters. The van der Waals surface area contributed by atoms with E-state index >= 15 is 0 Å². The van der Waals surface area contributed by atoms with Gasteiger partial charge in [-0.1, -0.05) is 0 Å². The van der Waals surface area contributed by atoms with E-state index in [-0.39, 0.29) is 18.2 Å². The summed E-state index contributed by atoms with van der Waals surface area (Å²) in [7, 11) is 7.69. The molecule has 9 nitrogen and oxygen atoms in total. The molecule has 33 heavy (non-hydrogen) atoms. The number of rotatable bonds is 7. The lowest BCUT2D eigenvalue weighted by atomic mass is 9.97. The predicted octanol–water partition coefficient (Wildman–Crippen LogP) is 2.42. The normalized spacial score (nSPS) is 18.2. The number of amides is 2. The highest BCUT2D eigenvalue weighted by atomic mass is 16.5. The van der Waals surface area contributed by atoms with Crippen LogP contribution in [0.5, 0.6) is 28.7 Å². The average Bonchev–Trinajstić information content (AvgIpc) is 3.15. The van der Waals surface area contributed by atoms with Crippen LogP contribution in [0.1, 0.15) is 17.5 Å². The minimum Gasteiger partial charge on any atom is -0.493 e. The number of anilines is 1. The molecule has 2 amide bonds. The zero-order chi connectivity index (χ0) is 23.7. The van der Waals surface area contributed by atoms with Gasteiger partial charge in [0.25, 0.3) is 5.91 Å². The molecule has 0 saturated carbocycles. The third-order valence-corrected chi connectivity index (χ3v) is 6.22. The molecule has 0 radical (unpaired) electrons. The maximum Gasteiger partial charge on any atom is 0.251 e. The van der Waals surface area contributed by atoms with Gasteiger partial charge >= 0.3 is 0 Å². The molecule has 176 valence electrons. The van der Waals surface area contributed by atoms with E-state index in [2.05, 4.69) is 0 Å². The molecule has 2 aromatic rings. The topological polar surface area (TPSA) is 86.8 Å². The van der Waals surface area contributed by atoms with Gasteiger partial charge in [-0.2, -0.15) is 0 Å². The van der Waals surface area contributed by atoms with Crippen molar-refractivity contribution in [2.24, 2.45) is 0 Å². The van der Waals surface area contributed by atoms with Crippen LogP contribution >= 0.6 is 0 Å². The third-order valence-electron chi connectivity index (χ3n) is 6.22. The summed E-state index contributed by atoms with van der Waals surface area (Å²) in [5.41, 5.74) is 2.61. The van der Waals surface area contributed by atoms with E-state index in [9.17, 15) is 9.59 Å². The Morgan fingerprint density at radius 1 is 0.758 bits per heavy atom. The quantitative estimate of drug-likeness (QED) is 0.587. The Bertz CT molecular complexity index is 1060. The number of imide groups is 1. The molecular weight excluding hydrogens is 428 g/mol. The SMILES string of the molecule is COc1cc2c(cc1OC)CN([C@H]1CC(=O)N(c3cc(OC)c(OC)c(OC)c3)C1=O)CC2. The summed E-state index contributed by atoms with van der Waals surface area (Å²) in [5.74, 6) is 1.95. The number of benzene rings is 2. The van der Waals surface area contributed by atoms with Gasteiger partial charge in [-0.3, -0.25) is 14.5 Å². The fourth-order valence-electron chi connectivity index (χ4n) is 4.54. The third kappa shape index (κ3) is 3.93. The first-order valence-electron chi connectivity index (χ1n) is 10.6. The Labute approximate surface area is 192 Å². The van der Waals surface area contributed by atoms with Crippen molar-refractivity contribution in [3.63, 3.8) is 0 Å². The van der Waals surface area contributed by atoms with E-state index in [1.807, 2.05) is 17.0 Å². The van der Waals surface area contributed by atoms with E-state index in [1.165, 1.54) is 26.2 Å². The average molecular weight is 456 g/mol. The number of methoxy groups -OCH3 is 5. The molecule has 2 aromatic carbocycles. The second kappa shape index (κ2) is 9.19. The fourth-order valence-corrected chi connectivity index (χ4v) is 4.54. The van der Waals surface area contributed by atoms with Crippen LogP contribution in [0.15, 0.2) is 24.3 Å². The molecule has 9 heteroatoms. The molecule has 0 aromatic heterocycles. The molecule has 2 heterocycles. The monoisotopic (exact) mass is 456 g/mol. The number of ether oxygens (including phenoxy) is 5. The van der Waals surface area contributed by atoms with Crippen molar-refractivity contribution < 1.29 is 33.3 Å². The number of carbonyl (C=O) groups is 2. The summed E-state index contributed by atoms with van der Waals surface area (Å²) in [6.07, 6.45) is 0.857. The summed E-state index contributed by atoms with van der Waals surface area (Å²) >= 11 is 0. The van der Waals surface area contributed by atoms with Gasteiger partial charge in [-0.05, 0) is 29.7 Å². The molecular formula is C24H28N2O7. The Morgan fingerprint density at radius 3 is 1.88 bits per heavy atom. The Morgan fingerprint density at radius 2 is 1.33 bits per heavy atom. The zero-order valence-corrected chi connectivity index (χ0v) is 19.5. The summed E-state index contributed by atoms with van der Waals surface area (Å²) in [6.45, 7) is 1.21. The number of carbonyl (C=O) groups excluding carboxylic acids is 2. The molecule has 1 saturated heterocycles. The maximum atomic E-state index is 13.4. The highest BCUT2D eigenvalue weighted by Gasteiger charge is 2.44. The van der Waals surface area contributed by atoms with Gasteiger partial charge in [-0.15, -0.1) is 0 Å². The van der Waals surface area contributed by atoms with Gasteiger partial charge < -0.3 is 23.7 Å². The Kier molecular flexibility index (Phi) is 6.33. The van der Waals surface area contributed by atoms with Gasteiger partial charge in [0.1, 0.15) is 0 Å². The van der Waals surface area contributed by atoms with Crippen LogP contribution in [-0.4, -0.2) is 64.8 Å². The van der Waals surface area contributed by atoms with E-state index in [0.717, 1.165) is 17.5 Å². The molecule has 2 aliphatic rings. The number of hydrogen-bond acceptors (Lipinski definition) is 8. The highest BCUT2D eigenvalue weighted by molar-refractivity contribution is 6.22. The second-order valence-electron chi connectivity index (χ2n) is 7.87. The van der Waals surface area contributed by atoms with Crippen LogP contribution < -0.4 is 28.6 Å². The highest BCUT2D eigenvalue weighted by Crippen LogP contribution is 2.42. The molecule has 2 aliphatic heterocycles. The maximum absolute atomic E-state index is 13.4. The van der Waals surface area contributed by atoms with Crippen molar-refractivity contribution >= 4 is 17.5 Å². The van der Waals surface area contributed by atoms with Crippen LogP contribution in [0, 0.1) is 0 Å². The molecule has 0 aliphatic carbocycles. The van der Waals surface area contributed by atoms with Crippen molar-refractivity contribution in [3.05, 3.63) is 35.4 Å². The van der Waals surface area contributed by atoms with E-state index in [4.69, 9.17) is 23.7 Å². The first-order valence-corrected chi connectivity index (χ1v) is 10.6. The molecule has 4 rings (SSSR count). The van der Waals surface area contributed by atoms with Gasteiger partial charge in [-0.25, -0.2) is 4.90 Å². The molecule has 1 atom stereocenters. The van der Waals surface area contributed by atoms with Crippen LogP contribution in [0.3, 0.4) is 0 Å². The second-order valence-corrected chi connectivity index (χ2v) is 7.87. The first kappa shape index (κ1) is 22.7. The molecule has 1 fully saturated rings. The van der Waals surface area contributed by atoms with Gasteiger partial charge in [0.05, 0.1) is 53.7 Å². The molecule has 0 N–H and O–H groups in total. The minimum atomic E-state index is -0.544. The smallest absolute Gasteiger partial charge is 0.251 e. The number of fused-ring (bicyclic) bond motifs is 1. The standard InChI is InChI=1S/C24H28N2O7/c1-29-18-8-14-6-7-25(13-15(14)9-19(18)30-2)17-12-22(27)26(24(17)28)16-10-20(31-3)23(33-5)21(11-16)32-4/h8-11,17H,6-7,12-13H2,1-5H3/t17-/m0/s1. The van der Waals surface area contributed by atoms with Gasteiger partial charge in [0.2, 0.25) is 11.7 Å². The lowest BCUT2D eigenvalue weighted by molar-refractivity contribution is -0.123. The van der Waals surface area contributed by atoms with E-state index < -0.39 is 6.04 Å². The predicted molar refractivity (Wildman–Crippen MR) is 121 cm³/mol. The van der Waals surface area contributed by atoms with E-state index in [1.54, 1.807) is 26.4 Å². The largest absolute Gasteiger partial charge is 0.493 e. The van der Waals surface area contributed by atoms with Crippen molar-refractivity contribution in [2.45, 2.75) is 25.4 Å². The fraction of sp³-hybridized carbons (Fsp3) is 0.417. The summed E-state index contributed by atoms with van der Waals surface area (Å²) in [5, 5.41) is 0.